The summed E-state index contributed by atoms with van der Waals surface area (Å²) in [6.07, 6.45) is 8.20. The Bertz CT molecular complexity index is 375. The van der Waals surface area contributed by atoms with E-state index in [1.54, 1.807) is 0 Å². The Morgan fingerprint density at radius 3 is 2.74 bits per heavy atom. The zero-order chi connectivity index (χ0) is 13.5. The predicted molar refractivity (Wildman–Crippen MR) is 71.1 cm³/mol. The highest BCUT2D eigenvalue weighted by Crippen LogP contribution is 2.17. The number of nitrogens with zero attached hydrogens (tertiary/aromatic N) is 1. The minimum atomic E-state index is -0.269. The van der Waals surface area contributed by atoms with Crippen molar-refractivity contribution in [1.82, 2.24) is 10.6 Å². The summed E-state index contributed by atoms with van der Waals surface area (Å²) < 4.78 is 5.46. The van der Waals surface area contributed by atoms with Crippen LogP contribution in [0.15, 0.2) is 11.8 Å². The van der Waals surface area contributed by atoms with E-state index in [9.17, 15) is 4.79 Å². The van der Waals surface area contributed by atoms with Gasteiger partial charge in [-0.3, -0.25) is 4.79 Å². The molecule has 0 bridgehead atoms. The second kappa shape index (κ2) is 7.15. The van der Waals surface area contributed by atoms with Crippen molar-refractivity contribution in [2.45, 2.75) is 50.7 Å². The first-order chi connectivity index (χ1) is 9.29. The fraction of sp³-hybridized carbons (Fsp3) is 0.714. The molecule has 1 amide bonds. The van der Waals surface area contributed by atoms with Gasteiger partial charge in [-0.2, -0.15) is 5.26 Å². The van der Waals surface area contributed by atoms with E-state index in [1.807, 2.05) is 6.07 Å². The van der Waals surface area contributed by atoms with Gasteiger partial charge in [-0.1, -0.05) is 12.8 Å². The van der Waals surface area contributed by atoms with E-state index in [0.29, 0.717) is 6.54 Å². The highest BCUT2D eigenvalue weighted by Gasteiger charge is 2.19. The van der Waals surface area contributed by atoms with E-state index < -0.39 is 0 Å². The molecule has 2 aliphatic rings. The number of carbonyl (C=O) groups excluding carboxylic acids is 1. The fourth-order valence-corrected chi connectivity index (χ4v) is 2.58. The van der Waals surface area contributed by atoms with Gasteiger partial charge in [-0.05, 0) is 25.7 Å². The number of rotatable bonds is 5. The summed E-state index contributed by atoms with van der Waals surface area (Å²) in [6, 6.07) is 2.19. The SMILES string of the molecule is N#C/C(=C/NCC1CCCO1)C(=O)NC1CCCC1. The number of nitrogens with one attached hydrogen (secondary N) is 2. The Morgan fingerprint density at radius 2 is 2.11 bits per heavy atom. The molecule has 0 aromatic heterocycles. The van der Waals surface area contributed by atoms with Crippen molar-refractivity contribution in [1.29, 1.82) is 5.26 Å². The number of carbonyl (C=O) groups is 1. The molecule has 0 spiro atoms. The lowest BCUT2D eigenvalue weighted by Crippen LogP contribution is -2.34. The lowest BCUT2D eigenvalue weighted by atomic mass is 10.2. The van der Waals surface area contributed by atoms with Gasteiger partial charge in [0.25, 0.3) is 5.91 Å². The molecule has 5 heteroatoms. The zero-order valence-corrected chi connectivity index (χ0v) is 11.2. The molecule has 0 aromatic rings. The highest BCUT2D eigenvalue weighted by atomic mass is 16.5. The summed E-state index contributed by atoms with van der Waals surface area (Å²) in [7, 11) is 0. The zero-order valence-electron chi connectivity index (χ0n) is 11.2. The van der Waals surface area contributed by atoms with E-state index in [-0.39, 0.29) is 23.6 Å². The van der Waals surface area contributed by atoms with Gasteiger partial charge in [0, 0.05) is 25.4 Å². The van der Waals surface area contributed by atoms with E-state index in [4.69, 9.17) is 10.00 Å². The topological polar surface area (TPSA) is 74.1 Å². The van der Waals surface area contributed by atoms with Gasteiger partial charge >= 0.3 is 0 Å². The number of ether oxygens (including phenoxy) is 1. The molecule has 1 aliphatic carbocycles. The van der Waals surface area contributed by atoms with Crippen LogP contribution in [0.3, 0.4) is 0 Å². The number of amides is 1. The molecule has 1 unspecified atom stereocenters. The highest BCUT2D eigenvalue weighted by molar-refractivity contribution is 5.97. The van der Waals surface area contributed by atoms with Crippen molar-refractivity contribution in [3.05, 3.63) is 11.8 Å². The molecule has 0 aromatic carbocycles. The molecule has 0 radical (unpaired) electrons. The van der Waals surface area contributed by atoms with Crippen molar-refractivity contribution >= 4 is 5.91 Å². The van der Waals surface area contributed by atoms with Crippen LogP contribution in [0.25, 0.3) is 0 Å². The minimum absolute atomic E-state index is 0.143. The average molecular weight is 263 g/mol. The Morgan fingerprint density at radius 1 is 1.32 bits per heavy atom. The van der Waals surface area contributed by atoms with Crippen LogP contribution in [0.5, 0.6) is 0 Å². The third kappa shape index (κ3) is 4.25. The van der Waals surface area contributed by atoms with E-state index >= 15 is 0 Å². The number of hydrogen-bond donors (Lipinski definition) is 2. The molecule has 2 fully saturated rings. The summed E-state index contributed by atoms with van der Waals surface area (Å²) in [5, 5.41) is 14.9. The van der Waals surface area contributed by atoms with Gasteiger partial charge in [-0.25, -0.2) is 0 Å². The van der Waals surface area contributed by atoms with Crippen LogP contribution >= 0.6 is 0 Å². The molecule has 1 atom stereocenters. The van der Waals surface area contributed by atoms with Gasteiger partial charge < -0.3 is 15.4 Å². The first kappa shape index (κ1) is 13.9. The van der Waals surface area contributed by atoms with E-state index in [0.717, 1.165) is 45.1 Å². The van der Waals surface area contributed by atoms with Crippen LogP contribution in [0.2, 0.25) is 0 Å². The number of nitriles is 1. The molecule has 104 valence electrons. The van der Waals surface area contributed by atoms with Crippen LogP contribution in [0, 0.1) is 11.3 Å². The first-order valence-corrected chi connectivity index (χ1v) is 7.05. The lowest BCUT2D eigenvalue weighted by molar-refractivity contribution is -0.117. The van der Waals surface area contributed by atoms with Crippen molar-refractivity contribution in [2.24, 2.45) is 0 Å². The van der Waals surface area contributed by atoms with Gasteiger partial charge in [0.05, 0.1) is 6.10 Å². The monoisotopic (exact) mass is 263 g/mol. The molecule has 2 rings (SSSR count). The summed E-state index contributed by atoms with van der Waals surface area (Å²) in [5.41, 5.74) is 0.143. The first-order valence-electron chi connectivity index (χ1n) is 7.05. The third-order valence-electron chi connectivity index (χ3n) is 3.67. The predicted octanol–water partition coefficient (Wildman–Crippen LogP) is 1.22. The van der Waals surface area contributed by atoms with E-state index in [2.05, 4.69) is 10.6 Å². The molecule has 19 heavy (non-hydrogen) atoms. The Labute approximate surface area is 114 Å². The Hall–Kier alpha value is -1.54. The van der Waals surface area contributed by atoms with Crippen molar-refractivity contribution in [3.63, 3.8) is 0 Å². The summed E-state index contributed by atoms with van der Waals surface area (Å²) in [6.45, 7) is 1.46. The maximum Gasteiger partial charge on any atom is 0.263 e. The maximum absolute atomic E-state index is 11.9. The molecule has 1 saturated heterocycles. The molecular formula is C14H21N3O2. The fourth-order valence-electron chi connectivity index (χ4n) is 2.58. The van der Waals surface area contributed by atoms with Crippen LogP contribution in [0.4, 0.5) is 0 Å². The second-order valence-electron chi connectivity index (χ2n) is 5.17. The van der Waals surface area contributed by atoms with Gasteiger partial charge in [-0.15, -0.1) is 0 Å². The standard InChI is InChI=1S/C14H21N3O2/c15-8-11(9-16-10-13-6-3-7-19-13)14(18)17-12-4-1-2-5-12/h9,12-13,16H,1-7,10H2,(H,17,18)/b11-9-. The van der Waals surface area contributed by atoms with Crippen LogP contribution in [-0.2, 0) is 9.53 Å². The lowest BCUT2D eigenvalue weighted by Gasteiger charge is -2.12. The smallest absolute Gasteiger partial charge is 0.263 e. The maximum atomic E-state index is 11.9. The summed E-state index contributed by atoms with van der Waals surface area (Å²) in [4.78, 5) is 11.9. The summed E-state index contributed by atoms with van der Waals surface area (Å²) in [5.74, 6) is -0.269. The van der Waals surface area contributed by atoms with Crippen molar-refractivity contribution < 1.29 is 9.53 Å². The Kier molecular flexibility index (Phi) is 5.22. The van der Waals surface area contributed by atoms with Gasteiger partial charge in [0.2, 0.25) is 0 Å². The minimum Gasteiger partial charge on any atom is -0.387 e. The molecule has 2 N–H and O–H groups in total. The van der Waals surface area contributed by atoms with Crippen LogP contribution < -0.4 is 10.6 Å². The summed E-state index contributed by atoms with van der Waals surface area (Å²) >= 11 is 0. The van der Waals surface area contributed by atoms with E-state index in [1.165, 1.54) is 6.20 Å². The molecular weight excluding hydrogens is 242 g/mol. The molecule has 1 aliphatic heterocycles. The third-order valence-corrected chi connectivity index (χ3v) is 3.67. The van der Waals surface area contributed by atoms with Crippen molar-refractivity contribution in [3.8, 4) is 6.07 Å². The second-order valence-corrected chi connectivity index (χ2v) is 5.17. The quantitative estimate of drug-likeness (QED) is 0.578. The Balaban J connectivity index is 1.76. The van der Waals surface area contributed by atoms with Gasteiger partial charge in [0.15, 0.2) is 0 Å². The van der Waals surface area contributed by atoms with Crippen LogP contribution in [0.1, 0.15) is 38.5 Å². The largest absolute Gasteiger partial charge is 0.387 e. The average Bonchev–Trinajstić information content (AvgIpc) is 3.07. The molecule has 1 heterocycles. The normalized spacial score (nSPS) is 24.2. The van der Waals surface area contributed by atoms with Crippen LogP contribution in [-0.4, -0.2) is 31.2 Å². The molecule has 5 nitrogen and oxygen atoms in total. The van der Waals surface area contributed by atoms with Gasteiger partial charge in [0.1, 0.15) is 11.6 Å². The number of hydrogen-bond acceptors (Lipinski definition) is 4. The molecule has 1 saturated carbocycles. The van der Waals surface area contributed by atoms with Crippen molar-refractivity contribution in [2.75, 3.05) is 13.2 Å².